The quantitative estimate of drug-likeness (QED) is 0.693. The highest BCUT2D eigenvalue weighted by atomic mass is 16.3. The molecule has 13 heavy (non-hydrogen) atoms. The lowest BCUT2D eigenvalue weighted by Crippen LogP contribution is -2.25. The van der Waals surface area contributed by atoms with Crippen molar-refractivity contribution in [3.63, 3.8) is 0 Å². The van der Waals surface area contributed by atoms with Gasteiger partial charge in [-0.3, -0.25) is 4.68 Å². The van der Waals surface area contributed by atoms with E-state index >= 15 is 0 Å². The number of rotatable bonds is 5. The van der Waals surface area contributed by atoms with E-state index in [0.29, 0.717) is 6.54 Å². The van der Waals surface area contributed by atoms with Crippen LogP contribution in [0, 0.1) is 0 Å². The first-order chi connectivity index (χ1) is 6.24. The van der Waals surface area contributed by atoms with E-state index in [0.717, 1.165) is 18.8 Å². The van der Waals surface area contributed by atoms with Gasteiger partial charge in [-0.25, -0.2) is 0 Å². The minimum Gasteiger partial charge on any atom is -0.392 e. The van der Waals surface area contributed by atoms with Gasteiger partial charge in [-0.15, -0.1) is 0 Å². The Labute approximate surface area is 78.6 Å². The van der Waals surface area contributed by atoms with Crippen molar-refractivity contribution in [3.8, 4) is 0 Å². The van der Waals surface area contributed by atoms with E-state index in [1.54, 1.807) is 13.1 Å². The second-order valence-electron chi connectivity index (χ2n) is 3.12. The van der Waals surface area contributed by atoms with Crippen LogP contribution in [0.15, 0.2) is 12.3 Å². The van der Waals surface area contributed by atoms with Crippen LogP contribution in [0.3, 0.4) is 0 Å². The lowest BCUT2D eigenvalue weighted by molar-refractivity contribution is 0.190. The van der Waals surface area contributed by atoms with Gasteiger partial charge in [-0.05, 0) is 19.9 Å². The third-order valence-electron chi connectivity index (χ3n) is 1.85. The van der Waals surface area contributed by atoms with Crippen LogP contribution in [-0.4, -0.2) is 27.5 Å². The zero-order chi connectivity index (χ0) is 9.68. The lowest BCUT2D eigenvalue weighted by Gasteiger charge is -2.07. The van der Waals surface area contributed by atoms with Crippen molar-refractivity contribution in [3.05, 3.63) is 18.0 Å². The van der Waals surface area contributed by atoms with Crippen molar-refractivity contribution in [1.82, 2.24) is 15.1 Å². The van der Waals surface area contributed by atoms with Gasteiger partial charge >= 0.3 is 0 Å². The molecule has 0 amide bonds. The second-order valence-corrected chi connectivity index (χ2v) is 3.12. The molecule has 0 aliphatic heterocycles. The molecule has 0 bridgehead atoms. The van der Waals surface area contributed by atoms with Gasteiger partial charge in [0, 0.05) is 25.8 Å². The van der Waals surface area contributed by atoms with Gasteiger partial charge in [-0.2, -0.15) is 5.10 Å². The van der Waals surface area contributed by atoms with E-state index in [1.807, 2.05) is 10.7 Å². The van der Waals surface area contributed by atoms with E-state index in [1.165, 1.54) is 0 Å². The third-order valence-corrected chi connectivity index (χ3v) is 1.85. The fraction of sp³-hybridized carbons (Fsp3) is 0.667. The topological polar surface area (TPSA) is 50.1 Å². The maximum Gasteiger partial charge on any atom is 0.0636 e. The molecule has 0 aliphatic rings. The Bertz CT molecular complexity index is 245. The summed E-state index contributed by atoms with van der Waals surface area (Å²) < 4.78 is 1.94. The van der Waals surface area contributed by atoms with Crippen molar-refractivity contribution < 1.29 is 5.11 Å². The average Bonchev–Trinajstić information content (AvgIpc) is 2.51. The Hall–Kier alpha value is -0.870. The van der Waals surface area contributed by atoms with Crippen molar-refractivity contribution in [2.24, 2.45) is 0 Å². The van der Waals surface area contributed by atoms with Crippen LogP contribution in [0.25, 0.3) is 0 Å². The molecule has 0 saturated heterocycles. The predicted octanol–water partition coefficient (Wildman–Crippen LogP) is 0.373. The summed E-state index contributed by atoms with van der Waals surface area (Å²) in [5.74, 6) is 0. The highest BCUT2D eigenvalue weighted by molar-refractivity contribution is 4.99. The van der Waals surface area contributed by atoms with E-state index in [9.17, 15) is 0 Å². The Morgan fingerprint density at radius 2 is 2.46 bits per heavy atom. The van der Waals surface area contributed by atoms with Crippen LogP contribution in [0.5, 0.6) is 0 Å². The lowest BCUT2D eigenvalue weighted by atomic mass is 10.3. The molecule has 1 aromatic rings. The highest BCUT2D eigenvalue weighted by Gasteiger charge is 2.00. The first kappa shape index (κ1) is 10.2. The van der Waals surface area contributed by atoms with Gasteiger partial charge < -0.3 is 10.4 Å². The minimum absolute atomic E-state index is 0.294. The second kappa shape index (κ2) is 4.99. The molecule has 0 aliphatic carbocycles. The van der Waals surface area contributed by atoms with Crippen molar-refractivity contribution in [1.29, 1.82) is 0 Å². The standard InChI is InChI=1S/C9H17N3O/c1-3-12-9(4-5-11-12)7-10-6-8(2)13/h4-5,8,10,13H,3,6-7H2,1-2H3/t8-/m1/s1. The van der Waals surface area contributed by atoms with Crippen LogP contribution in [0.1, 0.15) is 19.5 Å². The molecule has 0 aromatic carbocycles. The summed E-state index contributed by atoms with van der Waals surface area (Å²) in [7, 11) is 0. The molecule has 1 aromatic heterocycles. The molecule has 2 N–H and O–H groups in total. The molecule has 1 rings (SSSR count). The van der Waals surface area contributed by atoms with Crippen molar-refractivity contribution in [2.75, 3.05) is 6.54 Å². The maximum atomic E-state index is 9.02. The van der Waals surface area contributed by atoms with Gasteiger partial charge in [-0.1, -0.05) is 0 Å². The molecule has 0 radical (unpaired) electrons. The zero-order valence-electron chi connectivity index (χ0n) is 8.20. The van der Waals surface area contributed by atoms with Gasteiger partial charge in [0.15, 0.2) is 0 Å². The molecular formula is C9H17N3O. The monoisotopic (exact) mass is 183 g/mol. The molecule has 0 saturated carbocycles. The Morgan fingerprint density at radius 3 is 3.08 bits per heavy atom. The predicted molar refractivity (Wildman–Crippen MR) is 51.3 cm³/mol. The number of nitrogens with zero attached hydrogens (tertiary/aromatic N) is 2. The van der Waals surface area contributed by atoms with E-state index < -0.39 is 0 Å². The number of aliphatic hydroxyl groups excluding tert-OH is 1. The smallest absolute Gasteiger partial charge is 0.0636 e. The van der Waals surface area contributed by atoms with Gasteiger partial charge in [0.05, 0.1) is 11.8 Å². The number of aromatic nitrogens is 2. The molecule has 4 nitrogen and oxygen atoms in total. The van der Waals surface area contributed by atoms with Crippen LogP contribution in [0.4, 0.5) is 0 Å². The summed E-state index contributed by atoms with van der Waals surface area (Å²) in [6.45, 7) is 6.10. The zero-order valence-corrected chi connectivity index (χ0v) is 8.20. The number of hydrogen-bond acceptors (Lipinski definition) is 3. The summed E-state index contributed by atoms with van der Waals surface area (Å²) in [4.78, 5) is 0. The number of aliphatic hydroxyl groups is 1. The van der Waals surface area contributed by atoms with Crippen molar-refractivity contribution in [2.45, 2.75) is 33.0 Å². The summed E-state index contributed by atoms with van der Waals surface area (Å²) in [5, 5.41) is 16.3. The molecule has 0 fully saturated rings. The molecule has 1 atom stereocenters. The van der Waals surface area contributed by atoms with Gasteiger partial charge in [0.2, 0.25) is 0 Å². The van der Waals surface area contributed by atoms with Gasteiger partial charge in [0.25, 0.3) is 0 Å². The Morgan fingerprint density at radius 1 is 1.69 bits per heavy atom. The molecule has 74 valence electrons. The summed E-state index contributed by atoms with van der Waals surface area (Å²) in [6.07, 6.45) is 1.50. The molecule has 0 spiro atoms. The Kier molecular flexibility index (Phi) is 3.92. The van der Waals surface area contributed by atoms with E-state index in [-0.39, 0.29) is 6.10 Å². The summed E-state index contributed by atoms with van der Waals surface area (Å²) in [6, 6.07) is 1.98. The summed E-state index contributed by atoms with van der Waals surface area (Å²) >= 11 is 0. The first-order valence-corrected chi connectivity index (χ1v) is 4.63. The summed E-state index contributed by atoms with van der Waals surface area (Å²) in [5.41, 5.74) is 1.16. The van der Waals surface area contributed by atoms with Crippen LogP contribution in [0.2, 0.25) is 0 Å². The molecule has 0 unspecified atom stereocenters. The number of aryl methyl sites for hydroxylation is 1. The number of hydrogen-bond donors (Lipinski definition) is 2. The van der Waals surface area contributed by atoms with E-state index in [2.05, 4.69) is 17.3 Å². The highest BCUT2D eigenvalue weighted by Crippen LogP contribution is 1.97. The first-order valence-electron chi connectivity index (χ1n) is 4.63. The fourth-order valence-electron chi connectivity index (χ4n) is 1.20. The van der Waals surface area contributed by atoms with Crippen LogP contribution < -0.4 is 5.32 Å². The SMILES string of the molecule is CCn1nccc1CNC[C@@H](C)O. The molecular weight excluding hydrogens is 166 g/mol. The van der Waals surface area contributed by atoms with Crippen LogP contribution >= 0.6 is 0 Å². The maximum absolute atomic E-state index is 9.02. The average molecular weight is 183 g/mol. The molecule has 4 heteroatoms. The van der Waals surface area contributed by atoms with Crippen molar-refractivity contribution >= 4 is 0 Å². The Balaban J connectivity index is 2.36. The minimum atomic E-state index is -0.294. The van der Waals surface area contributed by atoms with Gasteiger partial charge in [0.1, 0.15) is 0 Å². The van der Waals surface area contributed by atoms with Crippen LogP contribution in [-0.2, 0) is 13.1 Å². The normalized spacial score (nSPS) is 13.2. The number of nitrogens with one attached hydrogen (secondary N) is 1. The molecule has 1 heterocycles. The fourth-order valence-corrected chi connectivity index (χ4v) is 1.20. The third kappa shape index (κ3) is 3.16. The van der Waals surface area contributed by atoms with E-state index in [4.69, 9.17) is 5.11 Å². The largest absolute Gasteiger partial charge is 0.392 e.